The Labute approximate surface area is 60.7 Å². The van der Waals surface area contributed by atoms with Crippen LogP contribution in [0.25, 0.3) is 0 Å². The van der Waals surface area contributed by atoms with Gasteiger partial charge in [-0.2, -0.15) is 0 Å². The van der Waals surface area contributed by atoms with Gasteiger partial charge in [0.15, 0.2) is 0 Å². The van der Waals surface area contributed by atoms with Crippen molar-refractivity contribution >= 4 is 5.97 Å². The molecule has 0 radical (unpaired) electrons. The Morgan fingerprint density at radius 2 is 2.30 bits per heavy atom. The van der Waals surface area contributed by atoms with E-state index in [9.17, 15) is 4.79 Å². The summed E-state index contributed by atoms with van der Waals surface area (Å²) in [6, 6.07) is 0. The van der Waals surface area contributed by atoms with E-state index in [-0.39, 0.29) is 0 Å². The van der Waals surface area contributed by atoms with E-state index < -0.39 is 5.97 Å². The van der Waals surface area contributed by atoms with Crippen molar-refractivity contribution in [3.8, 4) is 0 Å². The van der Waals surface area contributed by atoms with Crippen LogP contribution in [0.4, 0.5) is 0 Å². The second-order valence-corrected chi connectivity index (χ2v) is 2.00. The number of hydrogen-bond acceptors (Lipinski definition) is 2. The molecule has 0 amide bonds. The highest BCUT2D eigenvalue weighted by molar-refractivity contribution is 5.85. The molecule has 2 N–H and O–H groups in total. The van der Waals surface area contributed by atoms with E-state index in [1.807, 2.05) is 6.92 Å². The molecular weight excluding hydrogens is 130 g/mol. The standard InChI is InChI=1S/C7H13NO2/c1-3-8-5-4-6(2)7(9)10/h4,8H,3,5H2,1-2H3,(H,9,10)/b6-4-. The Morgan fingerprint density at radius 3 is 2.70 bits per heavy atom. The Morgan fingerprint density at radius 1 is 1.70 bits per heavy atom. The molecule has 0 spiro atoms. The Hall–Kier alpha value is -0.830. The number of rotatable bonds is 4. The molecule has 58 valence electrons. The average Bonchev–Trinajstić information content (AvgIpc) is 1.88. The first-order valence-electron chi connectivity index (χ1n) is 3.29. The number of nitrogens with one attached hydrogen (secondary N) is 1. The van der Waals surface area contributed by atoms with Crippen LogP contribution in [0.15, 0.2) is 11.6 Å². The summed E-state index contributed by atoms with van der Waals surface area (Å²) in [4.78, 5) is 10.2. The van der Waals surface area contributed by atoms with Gasteiger partial charge in [0.05, 0.1) is 0 Å². The zero-order chi connectivity index (χ0) is 7.98. The van der Waals surface area contributed by atoms with Crippen molar-refractivity contribution in [2.45, 2.75) is 13.8 Å². The summed E-state index contributed by atoms with van der Waals surface area (Å²) in [5, 5.41) is 11.4. The molecule has 0 atom stereocenters. The van der Waals surface area contributed by atoms with E-state index in [1.165, 1.54) is 0 Å². The molecule has 0 aliphatic carbocycles. The van der Waals surface area contributed by atoms with Gasteiger partial charge in [0.1, 0.15) is 0 Å². The molecule has 0 aromatic carbocycles. The highest BCUT2D eigenvalue weighted by Crippen LogP contribution is 1.88. The molecule has 0 saturated heterocycles. The molecule has 0 heterocycles. The van der Waals surface area contributed by atoms with Gasteiger partial charge in [0.2, 0.25) is 0 Å². The zero-order valence-corrected chi connectivity index (χ0v) is 6.35. The van der Waals surface area contributed by atoms with Crippen molar-refractivity contribution < 1.29 is 9.90 Å². The van der Waals surface area contributed by atoms with Gasteiger partial charge in [-0.1, -0.05) is 13.0 Å². The number of carbonyl (C=O) groups is 1. The van der Waals surface area contributed by atoms with E-state index in [0.717, 1.165) is 6.54 Å². The van der Waals surface area contributed by atoms with Crippen molar-refractivity contribution in [3.05, 3.63) is 11.6 Å². The van der Waals surface area contributed by atoms with Gasteiger partial charge in [-0.25, -0.2) is 4.79 Å². The first-order chi connectivity index (χ1) is 4.68. The minimum atomic E-state index is -0.849. The first-order valence-corrected chi connectivity index (χ1v) is 3.29. The highest BCUT2D eigenvalue weighted by Gasteiger charge is 1.96. The van der Waals surface area contributed by atoms with Crippen molar-refractivity contribution in [2.75, 3.05) is 13.1 Å². The Bertz CT molecular complexity index is 141. The molecule has 0 aliphatic rings. The number of aliphatic carboxylic acids is 1. The average molecular weight is 143 g/mol. The van der Waals surface area contributed by atoms with Crippen molar-refractivity contribution in [1.82, 2.24) is 5.32 Å². The van der Waals surface area contributed by atoms with Crippen LogP contribution in [-0.2, 0) is 4.79 Å². The molecular formula is C7H13NO2. The summed E-state index contributed by atoms with van der Waals surface area (Å²) in [6.07, 6.45) is 1.66. The van der Waals surface area contributed by atoms with E-state index in [2.05, 4.69) is 5.32 Å². The molecule has 0 saturated carbocycles. The van der Waals surface area contributed by atoms with Gasteiger partial charge in [-0.05, 0) is 13.5 Å². The molecule has 3 heteroatoms. The monoisotopic (exact) mass is 143 g/mol. The predicted molar refractivity (Wildman–Crippen MR) is 39.9 cm³/mol. The summed E-state index contributed by atoms with van der Waals surface area (Å²) in [6.45, 7) is 5.06. The Balaban J connectivity index is 3.58. The van der Waals surface area contributed by atoms with Crippen LogP contribution >= 0.6 is 0 Å². The zero-order valence-electron chi connectivity index (χ0n) is 6.35. The largest absolute Gasteiger partial charge is 0.478 e. The lowest BCUT2D eigenvalue weighted by Gasteiger charge is -1.94. The summed E-state index contributed by atoms with van der Waals surface area (Å²) < 4.78 is 0. The summed E-state index contributed by atoms with van der Waals surface area (Å²) in [5.74, 6) is -0.849. The van der Waals surface area contributed by atoms with Crippen LogP contribution in [-0.4, -0.2) is 24.2 Å². The number of likely N-dealkylation sites (N-methyl/N-ethyl adjacent to an activating group) is 1. The number of hydrogen-bond donors (Lipinski definition) is 2. The molecule has 0 aromatic heterocycles. The van der Waals surface area contributed by atoms with Crippen molar-refractivity contribution in [1.29, 1.82) is 0 Å². The van der Waals surface area contributed by atoms with E-state index in [0.29, 0.717) is 12.1 Å². The molecule has 0 aliphatic heterocycles. The van der Waals surface area contributed by atoms with Crippen molar-refractivity contribution in [3.63, 3.8) is 0 Å². The summed E-state index contributed by atoms with van der Waals surface area (Å²) >= 11 is 0. The SMILES string of the molecule is CCNC/C=C(/C)C(=O)O. The number of carboxylic acid groups (broad SMARTS) is 1. The lowest BCUT2D eigenvalue weighted by molar-refractivity contribution is -0.132. The molecule has 0 bridgehead atoms. The number of carboxylic acids is 1. The maximum atomic E-state index is 10.2. The molecule has 3 nitrogen and oxygen atoms in total. The molecule has 0 aromatic rings. The van der Waals surface area contributed by atoms with Gasteiger partial charge < -0.3 is 10.4 Å². The van der Waals surface area contributed by atoms with Crippen LogP contribution in [0.5, 0.6) is 0 Å². The van der Waals surface area contributed by atoms with E-state index >= 15 is 0 Å². The predicted octanol–water partition coefficient (Wildman–Crippen LogP) is 0.627. The fourth-order valence-corrected chi connectivity index (χ4v) is 0.457. The van der Waals surface area contributed by atoms with Gasteiger partial charge in [-0.15, -0.1) is 0 Å². The van der Waals surface area contributed by atoms with Crippen LogP contribution < -0.4 is 5.32 Å². The first kappa shape index (κ1) is 9.17. The third-order valence-electron chi connectivity index (χ3n) is 1.14. The van der Waals surface area contributed by atoms with E-state index in [1.54, 1.807) is 13.0 Å². The minimum absolute atomic E-state index is 0.390. The Kier molecular flexibility index (Phi) is 4.58. The molecule has 0 rings (SSSR count). The smallest absolute Gasteiger partial charge is 0.330 e. The van der Waals surface area contributed by atoms with Crippen LogP contribution in [0.1, 0.15) is 13.8 Å². The summed E-state index contributed by atoms with van der Waals surface area (Å²) in [5.41, 5.74) is 0.390. The quantitative estimate of drug-likeness (QED) is 0.448. The van der Waals surface area contributed by atoms with Gasteiger partial charge >= 0.3 is 5.97 Å². The molecule has 0 fully saturated rings. The third kappa shape index (κ3) is 4.09. The van der Waals surface area contributed by atoms with E-state index in [4.69, 9.17) is 5.11 Å². The second kappa shape index (κ2) is 4.99. The van der Waals surface area contributed by atoms with Gasteiger partial charge in [0.25, 0.3) is 0 Å². The van der Waals surface area contributed by atoms with Gasteiger partial charge in [-0.3, -0.25) is 0 Å². The maximum Gasteiger partial charge on any atom is 0.330 e. The fraction of sp³-hybridized carbons (Fsp3) is 0.571. The normalized spacial score (nSPS) is 11.6. The van der Waals surface area contributed by atoms with Gasteiger partial charge in [0, 0.05) is 12.1 Å². The lowest BCUT2D eigenvalue weighted by Crippen LogP contribution is -2.13. The van der Waals surface area contributed by atoms with Crippen LogP contribution in [0.3, 0.4) is 0 Å². The van der Waals surface area contributed by atoms with Crippen LogP contribution in [0, 0.1) is 0 Å². The van der Waals surface area contributed by atoms with Crippen molar-refractivity contribution in [2.24, 2.45) is 0 Å². The molecule has 10 heavy (non-hydrogen) atoms. The third-order valence-corrected chi connectivity index (χ3v) is 1.14. The highest BCUT2D eigenvalue weighted by atomic mass is 16.4. The minimum Gasteiger partial charge on any atom is -0.478 e. The topological polar surface area (TPSA) is 49.3 Å². The van der Waals surface area contributed by atoms with Crippen LogP contribution in [0.2, 0.25) is 0 Å². The maximum absolute atomic E-state index is 10.2. The lowest BCUT2D eigenvalue weighted by atomic mass is 10.3. The summed E-state index contributed by atoms with van der Waals surface area (Å²) in [7, 11) is 0. The fourth-order valence-electron chi connectivity index (χ4n) is 0.457. The second-order valence-electron chi connectivity index (χ2n) is 2.00. The molecule has 0 unspecified atom stereocenters.